The van der Waals surface area contributed by atoms with Crippen molar-refractivity contribution in [1.82, 2.24) is 19.3 Å². The van der Waals surface area contributed by atoms with Gasteiger partial charge in [-0.05, 0) is 43.7 Å². The van der Waals surface area contributed by atoms with E-state index in [1.165, 1.54) is 0 Å². The standard InChI is InChI=1S/C19H18N4O4/c24-18(25)13-3-1-7-22(13)10-14-17(21-19-20-6-2-8-23(14)19)12-4-5-15-16(9-12)27-11-26-15/h2,4-6,8-9,13H,1,3,7,10-11H2,(H,24,25). The van der Waals surface area contributed by atoms with Gasteiger partial charge >= 0.3 is 5.97 Å². The Morgan fingerprint density at radius 3 is 3.07 bits per heavy atom. The molecule has 5 rings (SSSR count). The number of carboxylic acids is 1. The number of ether oxygens (including phenoxy) is 2. The lowest BCUT2D eigenvalue weighted by Gasteiger charge is -2.21. The molecule has 1 atom stereocenters. The second kappa shape index (κ2) is 6.24. The molecule has 1 saturated heterocycles. The van der Waals surface area contributed by atoms with Crippen molar-refractivity contribution in [1.29, 1.82) is 0 Å². The maximum Gasteiger partial charge on any atom is 0.320 e. The van der Waals surface area contributed by atoms with Crippen LogP contribution in [0.25, 0.3) is 17.0 Å². The van der Waals surface area contributed by atoms with Gasteiger partial charge in [-0.15, -0.1) is 0 Å². The SMILES string of the molecule is O=C(O)C1CCCN1Cc1c(-c2ccc3c(c2)OCO3)nc2ncccn12. The largest absolute Gasteiger partial charge is 0.480 e. The lowest BCUT2D eigenvalue weighted by atomic mass is 10.1. The molecule has 4 heterocycles. The fraction of sp³-hybridized carbons (Fsp3) is 0.316. The van der Waals surface area contributed by atoms with Gasteiger partial charge in [-0.2, -0.15) is 0 Å². The van der Waals surface area contributed by atoms with E-state index in [-0.39, 0.29) is 6.79 Å². The molecule has 27 heavy (non-hydrogen) atoms. The molecule has 0 saturated carbocycles. The first-order chi connectivity index (χ1) is 13.2. The number of aromatic nitrogens is 3. The van der Waals surface area contributed by atoms with Gasteiger partial charge in [0.1, 0.15) is 6.04 Å². The third kappa shape index (κ3) is 2.69. The highest BCUT2D eigenvalue weighted by atomic mass is 16.7. The van der Waals surface area contributed by atoms with Crippen LogP contribution in [0.15, 0.2) is 36.7 Å². The van der Waals surface area contributed by atoms with Crippen LogP contribution >= 0.6 is 0 Å². The summed E-state index contributed by atoms with van der Waals surface area (Å²) in [5, 5.41) is 9.51. The highest BCUT2D eigenvalue weighted by molar-refractivity contribution is 5.74. The summed E-state index contributed by atoms with van der Waals surface area (Å²) in [6.07, 6.45) is 5.16. The van der Waals surface area contributed by atoms with Gasteiger partial charge in [0.25, 0.3) is 0 Å². The molecule has 138 valence electrons. The molecule has 8 heteroatoms. The maximum absolute atomic E-state index is 11.6. The molecule has 0 spiro atoms. The first-order valence-corrected chi connectivity index (χ1v) is 8.89. The molecule has 2 aromatic heterocycles. The van der Waals surface area contributed by atoms with Crippen LogP contribution in [-0.4, -0.2) is 49.7 Å². The first-order valence-electron chi connectivity index (χ1n) is 8.89. The van der Waals surface area contributed by atoms with E-state index in [0.29, 0.717) is 30.2 Å². The third-order valence-electron chi connectivity index (χ3n) is 5.15. The zero-order valence-corrected chi connectivity index (χ0v) is 14.5. The van der Waals surface area contributed by atoms with Crippen LogP contribution in [0.1, 0.15) is 18.5 Å². The molecule has 0 amide bonds. The van der Waals surface area contributed by atoms with Crippen molar-refractivity contribution in [3.05, 3.63) is 42.4 Å². The van der Waals surface area contributed by atoms with Crippen molar-refractivity contribution in [3.8, 4) is 22.8 Å². The minimum absolute atomic E-state index is 0.215. The van der Waals surface area contributed by atoms with Crippen molar-refractivity contribution in [2.24, 2.45) is 0 Å². The van der Waals surface area contributed by atoms with Crippen LogP contribution in [0, 0.1) is 0 Å². The summed E-state index contributed by atoms with van der Waals surface area (Å²) in [5.41, 5.74) is 2.60. The summed E-state index contributed by atoms with van der Waals surface area (Å²) in [6.45, 7) is 1.46. The van der Waals surface area contributed by atoms with Gasteiger partial charge < -0.3 is 14.6 Å². The molecule has 1 fully saturated rings. The molecular formula is C19H18N4O4. The molecule has 0 radical (unpaired) electrons. The van der Waals surface area contributed by atoms with Gasteiger partial charge in [0, 0.05) is 24.5 Å². The van der Waals surface area contributed by atoms with E-state index in [0.717, 1.165) is 29.9 Å². The van der Waals surface area contributed by atoms with Crippen molar-refractivity contribution in [3.63, 3.8) is 0 Å². The van der Waals surface area contributed by atoms with Crippen molar-refractivity contribution >= 4 is 11.7 Å². The lowest BCUT2D eigenvalue weighted by Crippen LogP contribution is -2.35. The van der Waals surface area contributed by atoms with Crippen LogP contribution in [0.5, 0.6) is 11.5 Å². The van der Waals surface area contributed by atoms with Crippen LogP contribution in [0.4, 0.5) is 0 Å². The van der Waals surface area contributed by atoms with Gasteiger partial charge in [-0.1, -0.05) is 0 Å². The molecule has 1 aromatic carbocycles. The minimum atomic E-state index is -0.774. The number of imidazole rings is 1. The summed E-state index contributed by atoms with van der Waals surface area (Å²) < 4.78 is 12.8. The summed E-state index contributed by atoms with van der Waals surface area (Å²) in [5.74, 6) is 1.22. The number of aliphatic carboxylic acids is 1. The number of carbonyl (C=O) groups is 1. The van der Waals surface area contributed by atoms with E-state index in [1.54, 1.807) is 6.20 Å². The Morgan fingerprint density at radius 1 is 1.30 bits per heavy atom. The highest BCUT2D eigenvalue weighted by Gasteiger charge is 2.32. The van der Waals surface area contributed by atoms with Crippen LogP contribution < -0.4 is 9.47 Å². The van der Waals surface area contributed by atoms with Gasteiger partial charge in [-0.25, -0.2) is 9.97 Å². The van der Waals surface area contributed by atoms with Crippen LogP contribution in [0.2, 0.25) is 0 Å². The zero-order chi connectivity index (χ0) is 18.4. The minimum Gasteiger partial charge on any atom is -0.480 e. The summed E-state index contributed by atoms with van der Waals surface area (Å²) in [7, 11) is 0. The summed E-state index contributed by atoms with van der Waals surface area (Å²) in [4.78, 5) is 22.6. The Kier molecular flexibility index (Phi) is 3.71. The topological polar surface area (TPSA) is 89.2 Å². The lowest BCUT2D eigenvalue weighted by molar-refractivity contribution is -0.142. The smallest absolute Gasteiger partial charge is 0.320 e. The number of benzene rings is 1. The number of hydrogen-bond acceptors (Lipinski definition) is 6. The normalized spacial score (nSPS) is 19.0. The van der Waals surface area contributed by atoms with Crippen molar-refractivity contribution in [2.75, 3.05) is 13.3 Å². The molecular weight excluding hydrogens is 348 g/mol. The number of hydrogen-bond donors (Lipinski definition) is 1. The fourth-order valence-corrected chi connectivity index (χ4v) is 3.85. The van der Waals surface area contributed by atoms with E-state index in [9.17, 15) is 9.90 Å². The Bertz CT molecular complexity index is 1030. The molecule has 1 unspecified atom stereocenters. The quantitative estimate of drug-likeness (QED) is 0.757. The molecule has 8 nitrogen and oxygen atoms in total. The number of fused-ring (bicyclic) bond motifs is 2. The molecule has 0 aliphatic carbocycles. The first kappa shape index (κ1) is 16.1. The van der Waals surface area contributed by atoms with Crippen molar-refractivity contribution in [2.45, 2.75) is 25.4 Å². The van der Waals surface area contributed by atoms with E-state index in [2.05, 4.69) is 4.98 Å². The molecule has 1 N–H and O–H groups in total. The predicted molar refractivity (Wildman–Crippen MR) is 95.6 cm³/mol. The summed E-state index contributed by atoms with van der Waals surface area (Å²) >= 11 is 0. The Balaban J connectivity index is 1.60. The summed E-state index contributed by atoms with van der Waals surface area (Å²) in [6, 6.07) is 7.11. The van der Waals surface area contributed by atoms with Gasteiger partial charge in [0.2, 0.25) is 12.6 Å². The number of rotatable bonds is 4. The van der Waals surface area contributed by atoms with Crippen molar-refractivity contribution < 1.29 is 19.4 Å². The second-order valence-electron chi connectivity index (χ2n) is 6.73. The van der Waals surface area contributed by atoms with Gasteiger partial charge in [0.05, 0.1) is 11.4 Å². The average Bonchev–Trinajstić information content (AvgIpc) is 3.40. The highest BCUT2D eigenvalue weighted by Crippen LogP contribution is 2.37. The number of carboxylic acid groups (broad SMARTS) is 1. The maximum atomic E-state index is 11.6. The van der Waals surface area contributed by atoms with E-state index >= 15 is 0 Å². The van der Waals surface area contributed by atoms with Gasteiger partial charge in [-0.3, -0.25) is 14.1 Å². The van der Waals surface area contributed by atoms with E-state index in [1.807, 2.05) is 39.8 Å². The fourth-order valence-electron chi connectivity index (χ4n) is 3.85. The predicted octanol–water partition coefficient (Wildman–Crippen LogP) is 2.17. The number of likely N-dealkylation sites (tertiary alicyclic amines) is 1. The van der Waals surface area contributed by atoms with Gasteiger partial charge in [0.15, 0.2) is 11.5 Å². The monoisotopic (exact) mass is 366 g/mol. The van der Waals surface area contributed by atoms with Crippen LogP contribution in [0.3, 0.4) is 0 Å². The second-order valence-corrected chi connectivity index (χ2v) is 6.73. The molecule has 0 bridgehead atoms. The Morgan fingerprint density at radius 2 is 2.19 bits per heavy atom. The van der Waals surface area contributed by atoms with Crippen LogP contribution in [-0.2, 0) is 11.3 Å². The Labute approximate surface area is 155 Å². The molecule has 2 aliphatic heterocycles. The third-order valence-corrected chi connectivity index (χ3v) is 5.15. The Hall–Kier alpha value is -3.13. The molecule has 3 aromatic rings. The van der Waals surface area contributed by atoms with E-state index in [4.69, 9.17) is 14.5 Å². The molecule has 2 aliphatic rings. The average molecular weight is 366 g/mol. The number of nitrogens with zero attached hydrogens (tertiary/aromatic N) is 4. The zero-order valence-electron chi connectivity index (χ0n) is 14.5. The van der Waals surface area contributed by atoms with E-state index < -0.39 is 12.0 Å².